The number of methoxy groups -OCH3 is 1. The number of ether oxygens (including phenoxy) is 1. The Morgan fingerprint density at radius 2 is 2.16 bits per heavy atom. The number of amides is 2. The van der Waals surface area contributed by atoms with Crippen molar-refractivity contribution in [2.75, 3.05) is 14.2 Å². The number of halogens is 1. The van der Waals surface area contributed by atoms with Crippen molar-refractivity contribution in [1.29, 1.82) is 0 Å². The molecule has 1 aromatic heterocycles. The zero-order valence-corrected chi connectivity index (χ0v) is 13.9. The summed E-state index contributed by atoms with van der Waals surface area (Å²) in [6, 6.07) is 7.16. The van der Waals surface area contributed by atoms with Crippen molar-refractivity contribution in [1.82, 2.24) is 15.2 Å². The maximum absolute atomic E-state index is 14.3. The fraction of sp³-hybridized carbons (Fsp3) is 0.278. The Hall–Kier alpha value is -2.96. The quantitative estimate of drug-likeness (QED) is 0.921. The molecule has 25 heavy (non-hydrogen) atoms. The van der Waals surface area contributed by atoms with E-state index in [9.17, 15) is 14.0 Å². The lowest BCUT2D eigenvalue weighted by Crippen LogP contribution is -2.39. The number of carbonyl (C=O) groups excluding carboxylic acids is 2. The number of rotatable bonds is 4. The smallest absolute Gasteiger partial charge is 0.254 e. The first kappa shape index (κ1) is 16.9. The molecule has 0 bridgehead atoms. The highest BCUT2D eigenvalue weighted by atomic mass is 19.1. The molecule has 0 radical (unpaired) electrons. The predicted molar refractivity (Wildman–Crippen MR) is 88.6 cm³/mol. The average Bonchev–Trinajstić information content (AvgIpc) is 2.89. The summed E-state index contributed by atoms with van der Waals surface area (Å²) in [4.78, 5) is 30.3. The van der Waals surface area contributed by atoms with Crippen molar-refractivity contribution in [3.05, 3.63) is 59.7 Å². The summed E-state index contributed by atoms with van der Waals surface area (Å²) in [5.41, 5.74) is 0.693. The molecule has 1 aliphatic heterocycles. The summed E-state index contributed by atoms with van der Waals surface area (Å²) in [7, 11) is 3.02. The molecule has 1 fully saturated rings. The van der Waals surface area contributed by atoms with E-state index >= 15 is 0 Å². The maximum Gasteiger partial charge on any atom is 0.254 e. The molecule has 1 aromatic carbocycles. The Morgan fingerprint density at radius 3 is 2.84 bits per heavy atom. The van der Waals surface area contributed by atoms with Crippen LogP contribution in [0.25, 0.3) is 0 Å². The Balaban J connectivity index is 1.86. The molecular formula is C18H18FN3O3. The predicted octanol–water partition coefficient (Wildman–Crippen LogP) is 1.93. The van der Waals surface area contributed by atoms with Crippen molar-refractivity contribution in [3.8, 4) is 5.75 Å². The van der Waals surface area contributed by atoms with Crippen LogP contribution in [-0.2, 0) is 4.79 Å². The first-order valence-electron chi connectivity index (χ1n) is 7.82. The minimum absolute atomic E-state index is 0.00363. The molecule has 6 nitrogen and oxygen atoms in total. The Morgan fingerprint density at radius 1 is 1.36 bits per heavy atom. The number of carbonyl (C=O) groups is 2. The van der Waals surface area contributed by atoms with Crippen molar-refractivity contribution in [3.63, 3.8) is 0 Å². The first-order valence-corrected chi connectivity index (χ1v) is 7.82. The van der Waals surface area contributed by atoms with Crippen LogP contribution in [0.3, 0.4) is 0 Å². The third-order valence-corrected chi connectivity index (χ3v) is 4.36. The summed E-state index contributed by atoms with van der Waals surface area (Å²) in [5, 5.41) is 2.77. The molecule has 2 amide bonds. The van der Waals surface area contributed by atoms with Crippen LogP contribution in [0, 0.1) is 5.82 Å². The van der Waals surface area contributed by atoms with Crippen LogP contribution in [-0.4, -0.2) is 41.9 Å². The zero-order chi connectivity index (χ0) is 18.0. The molecule has 130 valence electrons. The molecule has 2 aromatic rings. The second-order valence-electron chi connectivity index (χ2n) is 5.84. The molecule has 1 N–H and O–H groups in total. The van der Waals surface area contributed by atoms with E-state index in [1.807, 2.05) is 6.07 Å². The van der Waals surface area contributed by atoms with Crippen LogP contribution in [0.15, 0.2) is 42.7 Å². The van der Waals surface area contributed by atoms with Gasteiger partial charge in [0.1, 0.15) is 0 Å². The lowest BCUT2D eigenvalue weighted by Gasteiger charge is -2.25. The molecule has 3 rings (SSSR count). The van der Waals surface area contributed by atoms with Gasteiger partial charge in [0.05, 0.1) is 24.8 Å². The number of likely N-dealkylation sites (tertiary alicyclic amines) is 1. The van der Waals surface area contributed by atoms with Crippen molar-refractivity contribution in [2.45, 2.75) is 18.5 Å². The second-order valence-corrected chi connectivity index (χ2v) is 5.84. The summed E-state index contributed by atoms with van der Waals surface area (Å²) in [6.45, 7) is 0. The van der Waals surface area contributed by atoms with E-state index in [2.05, 4.69) is 10.3 Å². The molecule has 2 atom stereocenters. The van der Waals surface area contributed by atoms with Gasteiger partial charge in [-0.15, -0.1) is 0 Å². The molecule has 1 aliphatic rings. The van der Waals surface area contributed by atoms with Crippen LogP contribution >= 0.6 is 0 Å². The summed E-state index contributed by atoms with van der Waals surface area (Å²) < 4.78 is 19.2. The number of benzene rings is 1. The van der Waals surface area contributed by atoms with E-state index < -0.39 is 17.8 Å². The van der Waals surface area contributed by atoms with E-state index in [-0.39, 0.29) is 29.7 Å². The van der Waals surface area contributed by atoms with Crippen LogP contribution in [0.2, 0.25) is 0 Å². The van der Waals surface area contributed by atoms with E-state index in [1.54, 1.807) is 36.5 Å². The van der Waals surface area contributed by atoms with Gasteiger partial charge in [0.2, 0.25) is 5.91 Å². The summed E-state index contributed by atoms with van der Waals surface area (Å²) in [6.07, 6.45) is 3.44. The van der Waals surface area contributed by atoms with Gasteiger partial charge in [-0.25, -0.2) is 4.39 Å². The molecule has 0 aliphatic carbocycles. The van der Waals surface area contributed by atoms with Gasteiger partial charge < -0.3 is 15.0 Å². The van der Waals surface area contributed by atoms with Gasteiger partial charge >= 0.3 is 0 Å². The van der Waals surface area contributed by atoms with Gasteiger partial charge in [0, 0.05) is 25.9 Å². The van der Waals surface area contributed by atoms with Gasteiger partial charge in [-0.1, -0.05) is 12.1 Å². The van der Waals surface area contributed by atoms with Gasteiger partial charge in [-0.05, 0) is 23.8 Å². The molecule has 1 saturated heterocycles. The SMILES string of the molecule is COc1cccc(C(=O)N[C@@H]2CC(=O)N(C)[C@H]2c2cccnc2)c1F. The van der Waals surface area contributed by atoms with Crippen LogP contribution in [0.5, 0.6) is 5.75 Å². The number of hydrogen-bond acceptors (Lipinski definition) is 4. The third kappa shape index (κ3) is 3.17. The highest BCUT2D eigenvalue weighted by molar-refractivity contribution is 5.96. The molecule has 0 spiro atoms. The first-order chi connectivity index (χ1) is 12.0. The monoisotopic (exact) mass is 343 g/mol. The molecule has 7 heteroatoms. The molecule has 0 saturated carbocycles. The number of aromatic nitrogens is 1. The minimum Gasteiger partial charge on any atom is -0.494 e. The zero-order valence-electron chi connectivity index (χ0n) is 13.9. The normalized spacial score (nSPS) is 19.8. The van der Waals surface area contributed by atoms with Gasteiger partial charge in [0.25, 0.3) is 5.91 Å². The van der Waals surface area contributed by atoms with Crippen molar-refractivity contribution < 1.29 is 18.7 Å². The van der Waals surface area contributed by atoms with Gasteiger partial charge in [0.15, 0.2) is 11.6 Å². The average molecular weight is 343 g/mol. The van der Waals surface area contributed by atoms with Crippen molar-refractivity contribution >= 4 is 11.8 Å². The van der Waals surface area contributed by atoms with Crippen LogP contribution in [0.1, 0.15) is 28.4 Å². The third-order valence-electron chi connectivity index (χ3n) is 4.36. The molecule has 0 unspecified atom stereocenters. The van der Waals surface area contributed by atoms with Gasteiger partial charge in [-0.2, -0.15) is 0 Å². The van der Waals surface area contributed by atoms with E-state index in [0.717, 1.165) is 5.56 Å². The number of pyridine rings is 1. The highest BCUT2D eigenvalue weighted by Gasteiger charge is 2.39. The molecule has 2 heterocycles. The van der Waals surface area contributed by atoms with Crippen molar-refractivity contribution in [2.24, 2.45) is 0 Å². The summed E-state index contributed by atoms with van der Waals surface area (Å²) in [5.74, 6) is -1.40. The Bertz CT molecular complexity index is 797. The lowest BCUT2D eigenvalue weighted by molar-refractivity contribution is -0.127. The van der Waals surface area contributed by atoms with E-state index in [4.69, 9.17) is 4.74 Å². The Labute approximate surface area is 144 Å². The van der Waals surface area contributed by atoms with E-state index in [0.29, 0.717) is 0 Å². The summed E-state index contributed by atoms with van der Waals surface area (Å²) >= 11 is 0. The number of nitrogens with zero attached hydrogens (tertiary/aromatic N) is 2. The number of likely N-dealkylation sites (N-methyl/N-ethyl adjacent to an activating group) is 1. The second kappa shape index (κ2) is 6.88. The Kier molecular flexibility index (Phi) is 4.65. The van der Waals surface area contributed by atoms with Crippen LogP contribution in [0.4, 0.5) is 4.39 Å². The topological polar surface area (TPSA) is 71.5 Å². The molecular weight excluding hydrogens is 325 g/mol. The van der Waals surface area contributed by atoms with Gasteiger partial charge in [-0.3, -0.25) is 14.6 Å². The fourth-order valence-electron chi connectivity index (χ4n) is 3.10. The standard InChI is InChI=1S/C18H18FN3O3/c1-22-15(23)9-13(17(22)11-5-4-8-20-10-11)21-18(24)12-6-3-7-14(25-2)16(12)19/h3-8,10,13,17H,9H2,1-2H3,(H,21,24)/t13-,17+/m1/s1. The maximum atomic E-state index is 14.3. The lowest BCUT2D eigenvalue weighted by atomic mass is 10.0. The number of hydrogen-bond donors (Lipinski definition) is 1. The number of nitrogens with one attached hydrogen (secondary N) is 1. The minimum atomic E-state index is -0.724. The van der Waals surface area contributed by atoms with Crippen LogP contribution < -0.4 is 10.1 Å². The van der Waals surface area contributed by atoms with E-state index in [1.165, 1.54) is 19.2 Å². The fourth-order valence-corrected chi connectivity index (χ4v) is 3.10. The highest BCUT2D eigenvalue weighted by Crippen LogP contribution is 2.32. The largest absolute Gasteiger partial charge is 0.494 e.